The highest BCUT2D eigenvalue weighted by Gasteiger charge is 2.34. The minimum Gasteiger partial charge on any atom is -0.366 e. The third-order valence-electron chi connectivity index (χ3n) is 7.22. The maximum atomic E-state index is 13.8. The molecule has 0 bridgehead atoms. The first-order valence-corrected chi connectivity index (χ1v) is 12.2. The van der Waals surface area contributed by atoms with E-state index in [0.29, 0.717) is 17.3 Å². The van der Waals surface area contributed by atoms with Crippen LogP contribution in [-0.2, 0) is 4.79 Å². The van der Waals surface area contributed by atoms with Crippen LogP contribution in [0, 0.1) is 27.7 Å². The van der Waals surface area contributed by atoms with Gasteiger partial charge in [-0.05, 0) is 48.9 Å². The van der Waals surface area contributed by atoms with E-state index in [-0.39, 0.29) is 28.5 Å². The molecule has 1 unspecified atom stereocenters. The Morgan fingerprint density at radius 2 is 1.77 bits per heavy atom. The lowest BCUT2D eigenvalue weighted by Gasteiger charge is -2.37. The first kappa shape index (κ1) is 25.0. The summed E-state index contributed by atoms with van der Waals surface area (Å²) < 4.78 is 27.1. The molecule has 0 saturated carbocycles. The predicted octanol–water partition coefficient (Wildman–Crippen LogP) is 4.47. The molecule has 188 valence electrons. The van der Waals surface area contributed by atoms with Crippen LogP contribution in [0.2, 0.25) is 0 Å². The number of nitro groups is 1. The molecule has 2 fully saturated rings. The van der Waals surface area contributed by atoms with Crippen molar-refractivity contribution in [2.45, 2.75) is 51.1 Å². The van der Waals surface area contributed by atoms with E-state index in [2.05, 4.69) is 15.1 Å². The van der Waals surface area contributed by atoms with Crippen molar-refractivity contribution >= 4 is 17.3 Å². The summed E-state index contributed by atoms with van der Waals surface area (Å²) in [6.07, 6.45) is 2.63. The fourth-order valence-electron chi connectivity index (χ4n) is 5.43. The fourth-order valence-corrected chi connectivity index (χ4v) is 5.43. The molecule has 2 aliphatic heterocycles. The molecule has 0 radical (unpaired) electrons. The highest BCUT2D eigenvalue weighted by Crippen LogP contribution is 2.32. The van der Waals surface area contributed by atoms with Gasteiger partial charge >= 0.3 is 0 Å². The van der Waals surface area contributed by atoms with Gasteiger partial charge in [-0.1, -0.05) is 32.0 Å². The summed E-state index contributed by atoms with van der Waals surface area (Å²) in [5.41, 5.74) is 1.28. The summed E-state index contributed by atoms with van der Waals surface area (Å²) in [5.74, 6) is -2.65. The number of amides is 1. The van der Waals surface area contributed by atoms with Crippen LogP contribution in [0.15, 0.2) is 42.5 Å². The van der Waals surface area contributed by atoms with Crippen molar-refractivity contribution in [3.05, 3.63) is 69.8 Å². The van der Waals surface area contributed by atoms with Crippen molar-refractivity contribution < 1.29 is 18.5 Å². The molecule has 1 N–H and O–H groups in total. The normalized spacial score (nSPS) is 20.3. The molecule has 0 aliphatic carbocycles. The zero-order valence-electron chi connectivity index (χ0n) is 20.1. The molecule has 2 aromatic carbocycles. The van der Waals surface area contributed by atoms with Gasteiger partial charge in [0.1, 0.15) is 5.69 Å². The van der Waals surface area contributed by atoms with E-state index in [4.69, 9.17) is 0 Å². The molecule has 0 aromatic heterocycles. The van der Waals surface area contributed by atoms with Crippen LogP contribution in [0.3, 0.4) is 0 Å². The second-order valence-electron chi connectivity index (χ2n) is 9.85. The van der Waals surface area contributed by atoms with Gasteiger partial charge in [-0.2, -0.15) is 0 Å². The van der Waals surface area contributed by atoms with Crippen molar-refractivity contribution in [2.75, 3.05) is 31.1 Å². The van der Waals surface area contributed by atoms with E-state index in [0.717, 1.165) is 57.6 Å². The third kappa shape index (κ3) is 5.61. The number of nitrogens with one attached hydrogen (secondary N) is 1. The van der Waals surface area contributed by atoms with E-state index in [1.807, 2.05) is 19.9 Å². The molecule has 2 heterocycles. The summed E-state index contributed by atoms with van der Waals surface area (Å²) in [7, 11) is 0. The van der Waals surface area contributed by atoms with Crippen molar-refractivity contribution in [3.63, 3.8) is 0 Å². The summed E-state index contributed by atoms with van der Waals surface area (Å²) in [6.45, 7) is 6.90. The number of likely N-dealkylation sites (tertiary alicyclic amines) is 1. The van der Waals surface area contributed by atoms with Gasteiger partial charge in [-0.15, -0.1) is 0 Å². The molecule has 7 nitrogen and oxygen atoms in total. The smallest absolute Gasteiger partial charge is 0.292 e. The number of nitrogens with zero attached hydrogens (tertiary/aromatic N) is 3. The Morgan fingerprint density at radius 3 is 2.43 bits per heavy atom. The minimum atomic E-state index is -0.944. The van der Waals surface area contributed by atoms with Gasteiger partial charge in [-0.3, -0.25) is 19.8 Å². The van der Waals surface area contributed by atoms with Gasteiger partial charge in [0.15, 0.2) is 11.6 Å². The maximum Gasteiger partial charge on any atom is 0.292 e. The second-order valence-corrected chi connectivity index (χ2v) is 9.85. The summed E-state index contributed by atoms with van der Waals surface area (Å²) in [5, 5.41) is 14.5. The number of para-hydroxylation sites is 2. The average Bonchev–Trinajstić information content (AvgIpc) is 3.29. The maximum absolute atomic E-state index is 13.8. The molecular weight excluding hydrogens is 454 g/mol. The standard InChI is InChI=1S/C26H32F2N4O3/c1-17(2)25(18-7-8-21(27)22(28)15-18)26(33)29-19-9-12-31(16-19)20-10-13-30(14-11-20)23-5-3-4-6-24(23)32(34)35/h3-8,15,17,19-20,25H,9-14,16H2,1-2H3,(H,29,33)/t19-,25?/m1/s1. The highest BCUT2D eigenvalue weighted by atomic mass is 19.2. The Hall–Kier alpha value is -3.07. The van der Waals surface area contributed by atoms with Gasteiger partial charge in [0, 0.05) is 44.3 Å². The van der Waals surface area contributed by atoms with E-state index < -0.39 is 17.6 Å². The SMILES string of the molecule is CC(C)C(C(=O)N[C@@H]1CCN(C2CCN(c3ccccc3[N+](=O)[O-])CC2)C1)c1ccc(F)c(F)c1. The number of nitro benzene ring substituents is 1. The van der Waals surface area contributed by atoms with Crippen molar-refractivity contribution in [1.82, 2.24) is 10.2 Å². The number of halogens is 2. The van der Waals surface area contributed by atoms with Crippen LogP contribution in [0.5, 0.6) is 0 Å². The summed E-state index contributed by atoms with van der Waals surface area (Å²) >= 11 is 0. The number of hydrogen-bond donors (Lipinski definition) is 1. The van der Waals surface area contributed by atoms with Gasteiger partial charge in [-0.25, -0.2) is 8.78 Å². The Balaban J connectivity index is 1.33. The van der Waals surface area contributed by atoms with E-state index >= 15 is 0 Å². The van der Waals surface area contributed by atoms with Gasteiger partial charge < -0.3 is 10.2 Å². The first-order chi connectivity index (χ1) is 16.7. The highest BCUT2D eigenvalue weighted by molar-refractivity contribution is 5.84. The number of carbonyl (C=O) groups excluding carboxylic acids is 1. The van der Waals surface area contributed by atoms with Crippen LogP contribution < -0.4 is 10.2 Å². The molecule has 0 spiro atoms. The number of rotatable bonds is 7. The van der Waals surface area contributed by atoms with E-state index in [9.17, 15) is 23.7 Å². The molecule has 2 aliphatic rings. The molecule has 35 heavy (non-hydrogen) atoms. The predicted molar refractivity (Wildman–Crippen MR) is 130 cm³/mol. The van der Waals surface area contributed by atoms with Crippen LogP contribution in [-0.4, -0.2) is 54.0 Å². The number of anilines is 1. The summed E-state index contributed by atoms with van der Waals surface area (Å²) in [6, 6.07) is 10.9. The lowest BCUT2D eigenvalue weighted by molar-refractivity contribution is -0.384. The fraction of sp³-hybridized carbons (Fsp3) is 0.500. The molecule has 4 rings (SSSR count). The minimum absolute atomic E-state index is 0.00212. The van der Waals surface area contributed by atoms with Crippen LogP contribution in [0.1, 0.15) is 44.6 Å². The number of piperidine rings is 1. The van der Waals surface area contributed by atoms with Crippen LogP contribution >= 0.6 is 0 Å². The first-order valence-electron chi connectivity index (χ1n) is 12.2. The van der Waals surface area contributed by atoms with Crippen LogP contribution in [0.4, 0.5) is 20.2 Å². The number of carbonyl (C=O) groups is 1. The largest absolute Gasteiger partial charge is 0.366 e. The molecule has 9 heteroatoms. The Labute approximate surface area is 204 Å². The van der Waals surface area contributed by atoms with Crippen LogP contribution in [0.25, 0.3) is 0 Å². The third-order valence-corrected chi connectivity index (χ3v) is 7.22. The number of benzene rings is 2. The quantitative estimate of drug-likeness (QED) is 0.462. The second kappa shape index (κ2) is 10.7. The van der Waals surface area contributed by atoms with E-state index in [1.54, 1.807) is 18.2 Å². The average molecular weight is 487 g/mol. The van der Waals surface area contributed by atoms with Crippen molar-refractivity contribution in [2.24, 2.45) is 5.92 Å². The zero-order valence-corrected chi connectivity index (χ0v) is 20.1. The molecular formula is C26H32F2N4O3. The molecule has 1 amide bonds. The van der Waals surface area contributed by atoms with Gasteiger partial charge in [0.05, 0.1) is 10.8 Å². The Kier molecular flexibility index (Phi) is 7.64. The van der Waals surface area contributed by atoms with Gasteiger partial charge in [0.25, 0.3) is 5.69 Å². The van der Waals surface area contributed by atoms with Crippen molar-refractivity contribution in [3.8, 4) is 0 Å². The molecule has 2 atom stereocenters. The lowest BCUT2D eigenvalue weighted by atomic mass is 9.87. The molecule has 2 aromatic rings. The summed E-state index contributed by atoms with van der Waals surface area (Å²) in [4.78, 5) is 28.6. The number of hydrogen-bond acceptors (Lipinski definition) is 5. The van der Waals surface area contributed by atoms with Crippen molar-refractivity contribution in [1.29, 1.82) is 0 Å². The van der Waals surface area contributed by atoms with Gasteiger partial charge in [0.2, 0.25) is 5.91 Å². The monoisotopic (exact) mass is 486 g/mol. The topological polar surface area (TPSA) is 78.7 Å². The van der Waals surface area contributed by atoms with E-state index in [1.165, 1.54) is 6.07 Å². The Morgan fingerprint density at radius 1 is 1.06 bits per heavy atom. The Bertz CT molecular complexity index is 1070. The zero-order chi connectivity index (χ0) is 25.1. The molecule has 2 saturated heterocycles. The lowest BCUT2D eigenvalue weighted by Crippen LogP contribution is -2.46.